The molecule has 1 heterocycles. The number of amides is 1. The van der Waals surface area contributed by atoms with Crippen LogP contribution in [0.2, 0.25) is 0 Å². The summed E-state index contributed by atoms with van der Waals surface area (Å²) >= 11 is 1.31. The van der Waals surface area contributed by atoms with Gasteiger partial charge in [0, 0.05) is 50.8 Å². The zero-order chi connectivity index (χ0) is 28.3. The van der Waals surface area contributed by atoms with Gasteiger partial charge in [0.15, 0.2) is 0 Å². The van der Waals surface area contributed by atoms with E-state index in [1.807, 2.05) is 31.4 Å². The van der Waals surface area contributed by atoms with Gasteiger partial charge in [-0.25, -0.2) is 5.84 Å². The highest BCUT2D eigenvalue weighted by molar-refractivity contribution is 7.97. The van der Waals surface area contributed by atoms with Crippen LogP contribution in [0.1, 0.15) is 59.6 Å². The van der Waals surface area contributed by atoms with Gasteiger partial charge in [-0.1, -0.05) is 54.4 Å². The maximum absolute atomic E-state index is 12.9. The van der Waals surface area contributed by atoms with Gasteiger partial charge >= 0.3 is 0 Å². The summed E-state index contributed by atoms with van der Waals surface area (Å²) < 4.78 is 9.26. The van der Waals surface area contributed by atoms with E-state index in [1.165, 1.54) is 33.6 Å². The third-order valence-corrected chi connectivity index (χ3v) is 7.85. The molecule has 0 saturated carbocycles. The third kappa shape index (κ3) is 6.69. The first-order valence-corrected chi connectivity index (χ1v) is 14.5. The Kier molecular flexibility index (Phi) is 8.79. The highest BCUT2D eigenvalue weighted by Crippen LogP contribution is 2.37. The largest absolute Gasteiger partial charge is 0.486 e. The Bertz CT molecular complexity index is 1340. The van der Waals surface area contributed by atoms with Gasteiger partial charge in [0.2, 0.25) is 5.91 Å². The number of nitrogens with two attached hydrogens (primary N) is 2. The summed E-state index contributed by atoms with van der Waals surface area (Å²) in [6, 6.07) is 18.8. The Morgan fingerprint density at radius 1 is 1.18 bits per heavy atom. The van der Waals surface area contributed by atoms with E-state index in [1.54, 1.807) is 7.05 Å². The number of hydrogen-bond donors (Lipinski definition) is 3. The number of hydrazine groups is 1. The molecule has 39 heavy (non-hydrogen) atoms. The van der Waals surface area contributed by atoms with Gasteiger partial charge in [0.05, 0.1) is 11.4 Å². The molecular weight excluding hydrogens is 506 g/mol. The first kappa shape index (κ1) is 28.8. The van der Waals surface area contributed by atoms with Crippen LogP contribution in [0.4, 0.5) is 11.4 Å². The first-order chi connectivity index (χ1) is 18.5. The van der Waals surface area contributed by atoms with E-state index < -0.39 is 0 Å². The molecule has 8 heteroatoms. The van der Waals surface area contributed by atoms with Crippen LogP contribution in [-0.2, 0) is 17.9 Å². The lowest BCUT2D eigenvalue weighted by Crippen LogP contribution is -2.40. The number of nitrogens with one attached hydrogen (secondary N) is 1. The fraction of sp³-hybridized carbons (Fsp3) is 0.387. The van der Waals surface area contributed by atoms with Gasteiger partial charge in [-0.3, -0.25) is 9.69 Å². The van der Waals surface area contributed by atoms with E-state index in [4.69, 9.17) is 16.3 Å². The van der Waals surface area contributed by atoms with E-state index in [0.29, 0.717) is 12.1 Å². The minimum absolute atomic E-state index is 0.0179. The molecule has 0 spiro atoms. The summed E-state index contributed by atoms with van der Waals surface area (Å²) in [5.41, 5.74) is 14.3. The van der Waals surface area contributed by atoms with Crippen LogP contribution in [0.15, 0.2) is 54.6 Å². The number of benzene rings is 3. The van der Waals surface area contributed by atoms with E-state index in [2.05, 4.69) is 66.8 Å². The van der Waals surface area contributed by atoms with Crippen LogP contribution in [0.25, 0.3) is 0 Å². The number of ether oxygens (including phenoxy) is 1. The molecule has 5 N–H and O–H groups in total. The molecule has 208 valence electrons. The highest BCUT2D eigenvalue weighted by Gasteiger charge is 2.29. The number of fused-ring (bicyclic) bond motifs is 1. The van der Waals surface area contributed by atoms with Crippen molar-refractivity contribution in [2.75, 3.05) is 30.6 Å². The van der Waals surface area contributed by atoms with Crippen molar-refractivity contribution in [3.8, 4) is 5.75 Å². The second-order valence-electron chi connectivity index (χ2n) is 11.1. The number of carbonyl (C=O) groups excluding carboxylic acids is 1. The molecule has 3 aromatic carbocycles. The molecule has 7 nitrogen and oxygen atoms in total. The topological polar surface area (TPSA) is 96.9 Å². The van der Waals surface area contributed by atoms with Crippen molar-refractivity contribution in [1.29, 1.82) is 0 Å². The molecule has 0 fully saturated rings. The summed E-state index contributed by atoms with van der Waals surface area (Å²) in [6.45, 7) is 10.8. The van der Waals surface area contributed by atoms with Crippen molar-refractivity contribution < 1.29 is 9.53 Å². The molecule has 1 amide bonds. The normalized spacial score (nSPS) is 15.6. The lowest BCUT2D eigenvalue weighted by molar-refractivity contribution is -0.119. The summed E-state index contributed by atoms with van der Waals surface area (Å²) in [5, 5.41) is 1.52. The molecule has 0 aliphatic carbocycles. The monoisotopic (exact) mass is 547 g/mol. The zero-order valence-corrected chi connectivity index (χ0v) is 24.7. The number of nitrogens with zero attached hydrogens (tertiary/aromatic N) is 2. The second kappa shape index (κ2) is 11.9. The van der Waals surface area contributed by atoms with Crippen molar-refractivity contribution in [3.63, 3.8) is 0 Å². The third-order valence-electron chi connectivity index (χ3n) is 7.42. The van der Waals surface area contributed by atoms with Gasteiger partial charge in [-0.05, 0) is 67.6 Å². The van der Waals surface area contributed by atoms with Crippen LogP contribution in [0.3, 0.4) is 0 Å². The Morgan fingerprint density at radius 3 is 2.64 bits per heavy atom. The van der Waals surface area contributed by atoms with Crippen LogP contribution < -0.4 is 26.0 Å². The van der Waals surface area contributed by atoms with Gasteiger partial charge in [0.1, 0.15) is 11.4 Å². The fourth-order valence-electron chi connectivity index (χ4n) is 5.49. The second-order valence-corrected chi connectivity index (χ2v) is 11.7. The smallest absolute Gasteiger partial charge is 0.230 e. The van der Waals surface area contributed by atoms with Gasteiger partial charge in [-0.15, -0.1) is 0 Å². The van der Waals surface area contributed by atoms with E-state index >= 15 is 0 Å². The number of aryl methyl sites for hydroxylation is 1. The fourth-order valence-corrected chi connectivity index (χ4v) is 5.81. The van der Waals surface area contributed by atoms with Crippen LogP contribution >= 0.6 is 11.9 Å². The van der Waals surface area contributed by atoms with Crippen LogP contribution in [-0.4, -0.2) is 36.3 Å². The van der Waals surface area contributed by atoms with E-state index in [0.717, 1.165) is 47.8 Å². The molecule has 1 aliphatic heterocycles. The SMILES string of the molecule is CSNC(=O)CC(c1ccc(C)c(CN2Cc3ccccc3OC(C)(C)C2)c1)c1ccc(N(C)N)c(N)c1C. The lowest BCUT2D eigenvalue weighted by atomic mass is 9.83. The maximum atomic E-state index is 12.9. The molecular formula is C31H41N5O2S. The average Bonchev–Trinajstić information content (AvgIpc) is 2.99. The molecule has 4 rings (SSSR count). The zero-order valence-electron chi connectivity index (χ0n) is 23.9. The Labute approximate surface area is 237 Å². The number of anilines is 2. The molecule has 1 unspecified atom stereocenters. The molecule has 1 aliphatic rings. The molecule has 0 aromatic heterocycles. The predicted molar refractivity (Wildman–Crippen MR) is 163 cm³/mol. The molecule has 0 radical (unpaired) electrons. The highest BCUT2D eigenvalue weighted by atomic mass is 32.2. The van der Waals surface area contributed by atoms with Crippen molar-refractivity contribution in [1.82, 2.24) is 9.62 Å². The van der Waals surface area contributed by atoms with Crippen LogP contribution in [0.5, 0.6) is 5.75 Å². The predicted octanol–water partition coefficient (Wildman–Crippen LogP) is 5.28. The maximum Gasteiger partial charge on any atom is 0.230 e. The Hall–Kier alpha value is -3.20. The summed E-state index contributed by atoms with van der Waals surface area (Å²) in [6.07, 6.45) is 2.18. The van der Waals surface area contributed by atoms with E-state index in [-0.39, 0.29) is 17.4 Å². The molecule has 3 aromatic rings. The van der Waals surface area contributed by atoms with Gasteiger partial charge in [0.25, 0.3) is 0 Å². The summed E-state index contributed by atoms with van der Waals surface area (Å²) in [7, 11) is 1.77. The van der Waals surface area contributed by atoms with Crippen molar-refractivity contribution in [2.45, 2.75) is 58.7 Å². The molecule has 1 atom stereocenters. The van der Waals surface area contributed by atoms with Crippen molar-refractivity contribution in [3.05, 3.63) is 88.0 Å². The van der Waals surface area contributed by atoms with Crippen molar-refractivity contribution >= 4 is 29.2 Å². The number of carbonyl (C=O) groups is 1. The number of rotatable bonds is 8. The Balaban J connectivity index is 1.71. The number of hydrogen-bond acceptors (Lipinski definition) is 7. The summed E-state index contributed by atoms with van der Waals surface area (Å²) in [5.74, 6) is 6.78. The molecule has 0 saturated heterocycles. The average molecular weight is 548 g/mol. The van der Waals surface area contributed by atoms with Gasteiger partial charge in [-0.2, -0.15) is 0 Å². The first-order valence-electron chi connectivity index (χ1n) is 13.3. The number of para-hydroxylation sites is 1. The van der Waals surface area contributed by atoms with Gasteiger partial charge < -0.3 is 20.2 Å². The van der Waals surface area contributed by atoms with E-state index in [9.17, 15) is 4.79 Å². The minimum atomic E-state index is -0.316. The summed E-state index contributed by atoms with van der Waals surface area (Å²) in [4.78, 5) is 15.3. The lowest BCUT2D eigenvalue weighted by Gasteiger charge is -2.30. The van der Waals surface area contributed by atoms with Crippen LogP contribution in [0, 0.1) is 13.8 Å². The quantitative estimate of drug-likeness (QED) is 0.153. The standard InChI is InChI=1S/C31H41N5O2S/c1-20-11-12-22(15-24(20)18-36-17-23-9-7-8-10-28(23)38-31(3,4)19-36)26(16-29(37)34-39-6)25-13-14-27(35(5)33)30(32)21(25)2/h7-15,26H,16-19,32-33H2,1-6H3,(H,34,37). The minimum Gasteiger partial charge on any atom is -0.486 e. The number of nitrogen functional groups attached to an aromatic ring is 1. The Morgan fingerprint density at radius 2 is 1.92 bits per heavy atom. The van der Waals surface area contributed by atoms with Crippen molar-refractivity contribution in [2.24, 2.45) is 5.84 Å². The molecule has 0 bridgehead atoms.